The number of phenols is 1. The minimum Gasteiger partial charge on any atom is -0.508 e. The molecule has 118 valence electrons. The molecule has 24 heavy (non-hydrogen) atoms. The highest BCUT2D eigenvalue weighted by molar-refractivity contribution is 7.10. The molecule has 0 aliphatic heterocycles. The van der Waals surface area contributed by atoms with Crippen LogP contribution in [-0.4, -0.2) is 15.1 Å². The Bertz CT molecular complexity index is 952. The Morgan fingerprint density at radius 1 is 0.958 bits per heavy atom. The molecule has 4 rings (SSSR count). The van der Waals surface area contributed by atoms with Gasteiger partial charge in [0.15, 0.2) is 0 Å². The Kier molecular flexibility index (Phi) is 3.97. The monoisotopic (exact) mass is 332 g/mol. The third-order valence-electron chi connectivity index (χ3n) is 4.15. The number of aromatic nitrogens is 2. The number of benzene rings is 1. The largest absolute Gasteiger partial charge is 0.508 e. The van der Waals surface area contributed by atoms with Gasteiger partial charge in [0.1, 0.15) is 5.75 Å². The molecule has 0 fully saturated rings. The molecule has 3 nitrogen and oxygen atoms in total. The number of hydrogen-bond donors (Lipinski definition) is 1. The lowest BCUT2D eigenvalue weighted by atomic mass is 9.91. The van der Waals surface area contributed by atoms with Gasteiger partial charge in [0, 0.05) is 46.3 Å². The zero-order valence-corrected chi connectivity index (χ0v) is 13.8. The summed E-state index contributed by atoms with van der Waals surface area (Å²) in [6.07, 6.45) is 4.33. The first-order valence-corrected chi connectivity index (χ1v) is 8.70. The second kappa shape index (κ2) is 6.42. The standard InChI is InChI=1S/C20H16N2OS/c23-19-11-14-5-3-9-22-18(14)13-16(19)17(20-7-4-10-24-20)12-15-6-1-2-8-21-15/h1-11,13,17,23H,12H2. The molecule has 0 saturated heterocycles. The first-order chi connectivity index (χ1) is 11.8. The number of aromatic hydroxyl groups is 1. The van der Waals surface area contributed by atoms with Gasteiger partial charge in [-0.3, -0.25) is 9.97 Å². The highest BCUT2D eigenvalue weighted by atomic mass is 32.1. The van der Waals surface area contributed by atoms with E-state index in [2.05, 4.69) is 21.4 Å². The lowest BCUT2D eigenvalue weighted by molar-refractivity contribution is 0.465. The summed E-state index contributed by atoms with van der Waals surface area (Å²) in [6, 6.07) is 17.7. The zero-order valence-electron chi connectivity index (χ0n) is 13.0. The van der Waals surface area contributed by atoms with E-state index < -0.39 is 0 Å². The fraction of sp³-hybridized carbons (Fsp3) is 0.100. The van der Waals surface area contributed by atoms with Crippen molar-refractivity contribution < 1.29 is 5.11 Å². The van der Waals surface area contributed by atoms with Gasteiger partial charge in [0.25, 0.3) is 0 Å². The number of nitrogens with zero attached hydrogens (tertiary/aromatic N) is 2. The van der Waals surface area contributed by atoms with E-state index in [1.807, 2.05) is 48.7 Å². The van der Waals surface area contributed by atoms with Gasteiger partial charge in [-0.05, 0) is 41.8 Å². The van der Waals surface area contributed by atoms with Gasteiger partial charge in [-0.25, -0.2) is 0 Å². The molecule has 1 aromatic carbocycles. The van der Waals surface area contributed by atoms with Crippen LogP contribution in [0.25, 0.3) is 10.9 Å². The van der Waals surface area contributed by atoms with Gasteiger partial charge >= 0.3 is 0 Å². The van der Waals surface area contributed by atoms with Crippen LogP contribution in [0.15, 0.2) is 72.4 Å². The van der Waals surface area contributed by atoms with Gasteiger partial charge in [-0.2, -0.15) is 0 Å². The minimum atomic E-state index is 0.0614. The molecular formula is C20H16N2OS. The van der Waals surface area contributed by atoms with Crippen LogP contribution in [0.2, 0.25) is 0 Å². The van der Waals surface area contributed by atoms with E-state index in [-0.39, 0.29) is 5.92 Å². The quantitative estimate of drug-likeness (QED) is 0.585. The number of phenolic OH excluding ortho intramolecular Hbond substituents is 1. The Hall–Kier alpha value is -2.72. The third-order valence-corrected chi connectivity index (χ3v) is 5.14. The molecule has 4 aromatic rings. The maximum atomic E-state index is 10.6. The molecule has 3 heterocycles. The van der Waals surface area contributed by atoms with E-state index in [0.717, 1.165) is 28.6 Å². The molecule has 0 aliphatic carbocycles. The highest BCUT2D eigenvalue weighted by Crippen LogP contribution is 2.37. The molecule has 0 radical (unpaired) electrons. The Balaban J connectivity index is 1.83. The van der Waals surface area contributed by atoms with Crippen molar-refractivity contribution in [3.63, 3.8) is 0 Å². The first-order valence-electron chi connectivity index (χ1n) is 7.82. The molecule has 0 amide bonds. The lowest BCUT2D eigenvalue weighted by Gasteiger charge is -2.18. The minimum absolute atomic E-state index is 0.0614. The number of rotatable bonds is 4. The molecule has 0 saturated carbocycles. The first kappa shape index (κ1) is 14.8. The van der Waals surface area contributed by atoms with Crippen LogP contribution in [0.5, 0.6) is 5.75 Å². The molecule has 0 aliphatic rings. The lowest BCUT2D eigenvalue weighted by Crippen LogP contribution is -2.05. The van der Waals surface area contributed by atoms with Crippen LogP contribution in [0.3, 0.4) is 0 Å². The van der Waals surface area contributed by atoms with Crippen LogP contribution in [0, 0.1) is 0 Å². The molecular weight excluding hydrogens is 316 g/mol. The van der Waals surface area contributed by atoms with Crippen molar-refractivity contribution in [3.8, 4) is 5.75 Å². The van der Waals surface area contributed by atoms with Crippen LogP contribution < -0.4 is 0 Å². The van der Waals surface area contributed by atoms with Crippen molar-refractivity contribution in [1.82, 2.24) is 9.97 Å². The van der Waals surface area contributed by atoms with Crippen molar-refractivity contribution in [2.75, 3.05) is 0 Å². The second-order valence-electron chi connectivity index (χ2n) is 5.70. The van der Waals surface area contributed by atoms with Gasteiger partial charge < -0.3 is 5.11 Å². The van der Waals surface area contributed by atoms with Crippen molar-refractivity contribution in [3.05, 3.63) is 88.5 Å². The van der Waals surface area contributed by atoms with Crippen LogP contribution in [0.4, 0.5) is 0 Å². The summed E-state index contributed by atoms with van der Waals surface area (Å²) in [6.45, 7) is 0. The summed E-state index contributed by atoms with van der Waals surface area (Å²) < 4.78 is 0. The fourth-order valence-electron chi connectivity index (χ4n) is 2.98. The Morgan fingerprint density at radius 2 is 1.88 bits per heavy atom. The smallest absolute Gasteiger partial charge is 0.120 e. The van der Waals surface area contributed by atoms with Crippen molar-refractivity contribution in [2.45, 2.75) is 12.3 Å². The van der Waals surface area contributed by atoms with E-state index in [9.17, 15) is 5.11 Å². The van der Waals surface area contributed by atoms with Gasteiger partial charge in [-0.1, -0.05) is 18.2 Å². The molecule has 0 bridgehead atoms. The number of thiophene rings is 1. The molecule has 0 spiro atoms. The van der Waals surface area contributed by atoms with E-state index in [1.165, 1.54) is 4.88 Å². The van der Waals surface area contributed by atoms with Crippen molar-refractivity contribution >= 4 is 22.2 Å². The molecule has 4 heteroatoms. The maximum Gasteiger partial charge on any atom is 0.120 e. The average Bonchev–Trinajstić information content (AvgIpc) is 3.14. The molecule has 1 N–H and O–H groups in total. The van der Waals surface area contributed by atoms with Crippen LogP contribution >= 0.6 is 11.3 Å². The normalized spacial score (nSPS) is 12.3. The third kappa shape index (κ3) is 2.88. The number of pyridine rings is 2. The number of hydrogen-bond acceptors (Lipinski definition) is 4. The summed E-state index contributed by atoms with van der Waals surface area (Å²) in [7, 11) is 0. The van der Waals surface area contributed by atoms with Crippen molar-refractivity contribution in [2.24, 2.45) is 0 Å². The van der Waals surface area contributed by atoms with Gasteiger partial charge in [0.05, 0.1) is 5.52 Å². The molecule has 1 unspecified atom stereocenters. The number of fused-ring (bicyclic) bond motifs is 1. The highest BCUT2D eigenvalue weighted by Gasteiger charge is 2.20. The predicted molar refractivity (Wildman–Crippen MR) is 97.5 cm³/mol. The predicted octanol–water partition coefficient (Wildman–Crippen LogP) is 4.77. The Morgan fingerprint density at radius 3 is 2.67 bits per heavy atom. The van der Waals surface area contributed by atoms with E-state index in [4.69, 9.17) is 0 Å². The second-order valence-corrected chi connectivity index (χ2v) is 6.68. The summed E-state index contributed by atoms with van der Waals surface area (Å²) in [5.41, 5.74) is 2.80. The molecule has 3 aromatic heterocycles. The fourth-order valence-corrected chi connectivity index (χ4v) is 3.83. The summed E-state index contributed by atoms with van der Waals surface area (Å²) in [5, 5.41) is 13.6. The van der Waals surface area contributed by atoms with E-state index in [0.29, 0.717) is 5.75 Å². The Labute approximate surface area is 144 Å². The molecule has 1 atom stereocenters. The van der Waals surface area contributed by atoms with Gasteiger partial charge in [-0.15, -0.1) is 11.3 Å². The summed E-state index contributed by atoms with van der Waals surface area (Å²) in [5.74, 6) is 0.371. The zero-order chi connectivity index (χ0) is 16.4. The topological polar surface area (TPSA) is 46.0 Å². The summed E-state index contributed by atoms with van der Waals surface area (Å²) in [4.78, 5) is 10.1. The van der Waals surface area contributed by atoms with Crippen LogP contribution in [-0.2, 0) is 6.42 Å². The van der Waals surface area contributed by atoms with Crippen molar-refractivity contribution in [1.29, 1.82) is 0 Å². The van der Waals surface area contributed by atoms with E-state index in [1.54, 1.807) is 23.6 Å². The van der Waals surface area contributed by atoms with E-state index >= 15 is 0 Å². The van der Waals surface area contributed by atoms with Crippen LogP contribution in [0.1, 0.15) is 22.1 Å². The SMILES string of the molecule is Oc1cc2cccnc2cc1C(Cc1ccccn1)c1cccs1. The van der Waals surface area contributed by atoms with Gasteiger partial charge in [0.2, 0.25) is 0 Å². The summed E-state index contributed by atoms with van der Waals surface area (Å²) >= 11 is 1.70. The maximum absolute atomic E-state index is 10.6. The average molecular weight is 332 g/mol.